The monoisotopic (exact) mass is 249 g/mol. The highest BCUT2D eigenvalue weighted by atomic mass is 32.1. The molecule has 6 nitrogen and oxygen atoms in total. The lowest BCUT2D eigenvalue weighted by molar-refractivity contribution is 0.102. The van der Waals surface area contributed by atoms with Gasteiger partial charge in [-0.15, -0.1) is 10.2 Å². The van der Waals surface area contributed by atoms with Crippen LogP contribution in [0.15, 0.2) is 18.3 Å². The summed E-state index contributed by atoms with van der Waals surface area (Å²) < 4.78 is 0. The van der Waals surface area contributed by atoms with Crippen molar-refractivity contribution in [2.45, 2.75) is 6.92 Å². The number of nitrogens with zero attached hydrogens (tertiary/aromatic N) is 3. The maximum atomic E-state index is 12.0. The zero-order chi connectivity index (χ0) is 12.3. The Balaban J connectivity index is 2.20. The van der Waals surface area contributed by atoms with Gasteiger partial charge in [-0.25, -0.2) is 4.98 Å². The van der Waals surface area contributed by atoms with E-state index in [1.807, 2.05) is 6.92 Å². The smallest absolute Gasteiger partial charge is 0.261 e. The summed E-state index contributed by atoms with van der Waals surface area (Å²) in [5.41, 5.74) is 0.475. The Kier molecular flexibility index (Phi) is 3.29. The fraction of sp³-hybridized carbons (Fsp3) is 0.200. The van der Waals surface area contributed by atoms with Crippen molar-refractivity contribution in [2.24, 2.45) is 0 Å². The Morgan fingerprint density at radius 3 is 2.88 bits per heavy atom. The molecule has 0 saturated carbocycles. The lowest BCUT2D eigenvalue weighted by atomic mass is 10.2. The van der Waals surface area contributed by atoms with Crippen molar-refractivity contribution in [1.82, 2.24) is 15.2 Å². The van der Waals surface area contributed by atoms with Gasteiger partial charge in [0.2, 0.25) is 5.13 Å². The van der Waals surface area contributed by atoms with E-state index in [9.17, 15) is 4.79 Å². The lowest BCUT2D eigenvalue weighted by Crippen LogP contribution is -2.14. The molecule has 88 valence electrons. The Morgan fingerprint density at radius 1 is 1.41 bits per heavy atom. The van der Waals surface area contributed by atoms with Gasteiger partial charge in [0, 0.05) is 13.2 Å². The quantitative estimate of drug-likeness (QED) is 0.862. The van der Waals surface area contributed by atoms with Gasteiger partial charge in [0.1, 0.15) is 10.8 Å². The zero-order valence-electron chi connectivity index (χ0n) is 9.39. The molecule has 0 spiro atoms. The Bertz CT molecular complexity index is 539. The first kappa shape index (κ1) is 11.5. The van der Waals surface area contributed by atoms with Crippen molar-refractivity contribution in [1.29, 1.82) is 0 Å². The standard InChI is InChI=1S/C10H11N5OS/c1-6-14-15-10(17-6)13-9(16)7-4-3-5-12-8(7)11-2/h3-5H,1-2H3,(H,11,12)(H,13,15,16). The molecule has 0 aromatic carbocycles. The van der Waals surface area contributed by atoms with Crippen molar-refractivity contribution in [2.75, 3.05) is 17.7 Å². The van der Waals surface area contributed by atoms with Gasteiger partial charge in [-0.2, -0.15) is 0 Å². The SMILES string of the molecule is CNc1ncccc1C(=O)Nc1nnc(C)s1. The van der Waals surface area contributed by atoms with Crippen LogP contribution in [-0.4, -0.2) is 28.1 Å². The molecule has 0 aliphatic rings. The van der Waals surface area contributed by atoms with Crippen molar-refractivity contribution in [3.8, 4) is 0 Å². The van der Waals surface area contributed by atoms with Crippen LogP contribution < -0.4 is 10.6 Å². The number of hydrogen-bond acceptors (Lipinski definition) is 6. The summed E-state index contributed by atoms with van der Waals surface area (Å²) in [5, 5.41) is 14.5. The van der Waals surface area contributed by atoms with E-state index in [0.29, 0.717) is 16.5 Å². The predicted molar refractivity (Wildman–Crippen MR) is 66.4 cm³/mol. The molecular weight excluding hydrogens is 238 g/mol. The summed E-state index contributed by atoms with van der Waals surface area (Å²) in [6, 6.07) is 3.41. The van der Waals surface area contributed by atoms with Gasteiger partial charge in [0.05, 0.1) is 5.56 Å². The van der Waals surface area contributed by atoms with Gasteiger partial charge in [-0.1, -0.05) is 11.3 Å². The van der Waals surface area contributed by atoms with Gasteiger partial charge in [-0.3, -0.25) is 10.1 Å². The first-order chi connectivity index (χ1) is 8.20. The molecule has 0 radical (unpaired) electrons. The van der Waals surface area contributed by atoms with Crippen molar-refractivity contribution >= 4 is 28.2 Å². The Labute approximate surface area is 102 Å². The molecule has 0 aliphatic carbocycles. The summed E-state index contributed by atoms with van der Waals surface area (Å²) in [5.74, 6) is 0.282. The minimum atomic E-state index is -0.251. The third-order valence-electron chi connectivity index (χ3n) is 2.04. The average Bonchev–Trinajstić information content (AvgIpc) is 2.74. The van der Waals surface area contributed by atoms with Crippen LogP contribution in [0.25, 0.3) is 0 Å². The molecule has 2 aromatic rings. The molecule has 2 aromatic heterocycles. The van der Waals surface area contributed by atoms with Crippen LogP contribution in [0.5, 0.6) is 0 Å². The number of anilines is 2. The second-order valence-electron chi connectivity index (χ2n) is 3.23. The highest BCUT2D eigenvalue weighted by Crippen LogP contribution is 2.17. The molecule has 0 fully saturated rings. The van der Waals surface area contributed by atoms with Crippen LogP contribution >= 0.6 is 11.3 Å². The van der Waals surface area contributed by atoms with Crippen molar-refractivity contribution in [3.63, 3.8) is 0 Å². The number of pyridine rings is 1. The van der Waals surface area contributed by atoms with Gasteiger partial charge in [0.25, 0.3) is 5.91 Å². The molecular formula is C10H11N5OS. The van der Waals surface area contributed by atoms with Crippen molar-refractivity contribution in [3.05, 3.63) is 28.9 Å². The highest BCUT2D eigenvalue weighted by Gasteiger charge is 2.13. The first-order valence-corrected chi connectivity index (χ1v) is 5.76. The van der Waals surface area contributed by atoms with Gasteiger partial charge >= 0.3 is 0 Å². The van der Waals surface area contributed by atoms with Gasteiger partial charge in [0.15, 0.2) is 0 Å². The third-order valence-corrected chi connectivity index (χ3v) is 2.79. The number of amides is 1. The van der Waals surface area contributed by atoms with Crippen LogP contribution in [0.4, 0.5) is 10.9 Å². The van der Waals surface area contributed by atoms with Gasteiger partial charge in [-0.05, 0) is 19.1 Å². The Morgan fingerprint density at radius 2 is 2.24 bits per heavy atom. The van der Waals surface area contributed by atoms with E-state index >= 15 is 0 Å². The summed E-state index contributed by atoms with van der Waals surface area (Å²) in [7, 11) is 1.72. The Hall–Kier alpha value is -2.02. The second kappa shape index (κ2) is 4.88. The highest BCUT2D eigenvalue weighted by molar-refractivity contribution is 7.15. The zero-order valence-corrected chi connectivity index (χ0v) is 10.2. The van der Waals surface area contributed by atoms with E-state index in [4.69, 9.17) is 0 Å². The van der Waals surface area contributed by atoms with Crippen molar-refractivity contribution < 1.29 is 4.79 Å². The predicted octanol–water partition coefficient (Wildman–Crippen LogP) is 1.54. The van der Waals surface area contributed by atoms with E-state index in [0.717, 1.165) is 5.01 Å². The van der Waals surface area contributed by atoms with Crippen LogP contribution in [0.1, 0.15) is 15.4 Å². The molecule has 2 N–H and O–H groups in total. The summed E-state index contributed by atoms with van der Waals surface area (Å²) in [6.07, 6.45) is 1.62. The maximum Gasteiger partial charge on any atom is 0.261 e. The van der Waals surface area contributed by atoms with Crippen LogP contribution in [0.2, 0.25) is 0 Å². The molecule has 0 bridgehead atoms. The molecule has 17 heavy (non-hydrogen) atoms. The summed E-state index contributed by atoms with van der Waals surface area (Å²) in [6.45, 7) is 1.83. The topological polar surface area (TPSA) is 79.8 Å². The number of rotatable bonds is 3. The molecule has 1 amide bonds. The van der Waals surface area contributed by atoms with E-state index < -0.39 is 0 Å². The largest absolute Gasteiger partial charge is 0.372 e. The third kappa shape index (κ3) is 2.56. The number of carbonyl (C=O) groups excluding carboxylic acids is 1. The number of hydrogen-bond donors (Lipinski definition) is 2. The number of carbonyl (C=O) groups is 1. The fourth-order valence-electron chi connectivity index (χ4n) is 1.30. The molecule has 2 rings (SSSR count). The average molecular weight is 249 g/mol. The molecule has 0 aliphatic heterocycles. The minimum Gasteiger partial charge on any atom is -0.372 e. The van der Waals surface area contributed by atoms with Crippen LogP contribution in [-0.2, 0) is 0 Å². The summed E-state index contributed by atoms with van der Waals surface area (Å²) in [4.78, 5) is 16.0. The first-order valence-electron chi connectivity index (χ1n) is 4.95. The van der Waals surface area contributed by atoms with E-state index in [-0.39, 0.29) is 5.91 Å². The molecule has 0 saturated heterocycles. The van der Waals surface area contributed by atoms with Crippen LogP contribution in [0, 0.1) is 6.92 Å². The summed E-state index contributed by atoms with van der Waals surface area (Å²) >= 11 is 1.33. The van der Waals surface area contributed by atoms with Crippen LogP contribution in [0.3, 0.4) is 0 Å². The second-order valence-corrected chi connectivity index (χ2v) is 4.41. The minimum absolute atomic E-state index is 0.251. The van der Waals surface area contributed by atoms with E-state index in [1.165, 1.54) is 11.3 Å². The molecule has 7 heteroatoms. The van der Waals surface area contributed by atoms with E-state index in [2.05, 4.69) is 25.8 Å². The number of aryl methyl sites for hydroxylation is 1. The lowest BCUT2D eigenvalue weighted by Gasteiger charge is -2.06. The van der Waals surface area contributed by atoms with E-state index in [1.54, 1.807) is 25.4 Å². The number of nitrogens with one attached hydrogen (secondary N) is 2. The normalized spacial score (nSPS) is 10.0. The fourth-order valence-corrected chi connectivity index (χ4v) is 1.89. The van der Waals surface area contributed by atoms with Gasteiger partial charge < -0.3 is 5.32 Å². The maximum absolute atomic E-state index is 12.0. The number of aromatic nitrogens is 3. The molecule has 2 heterocycles. The molecule has 0 unspecified atom stereocenters. The molecule has 0 atom stereocenters.